The van der Waals surface area contributed by atoms with Crippen LogP contribution in [-0.4, -0.2) is 70.9 Å². The van der Waals surface area contributed by atoms with Gasteiger partial charge in [-0.2, -0.15) is 5.10 Å². The number of carbonyl (C=O) groups excluding carboxylic acids is 2. The second kappa shape index (κ2) is 7.86. The highest BCUT2D eigenvalue weighted by Gasteiger charge is 2.33. The standard InChI is InChI=1S/C17H29N5O3/c1-17(2,3)25-16(24)21-7-6-13(11-21)15(23)19-14-10-18-22(12-14)9-8-20(4)5/h10,12-13H,6-9,11H2,1-5H3,(H,19,23). The quantitative estimate of drug-likeness (QED) is 0.872. The highest BCUT2D eigenvalue weighted by Crippen LogP contribution is 2.21. The molecule has 1 saturated heterocycles. The van der Waals surface area contributed by atoms with E-state index in [1.54, 1.807) is 15.8 Å². The van der Waals surface area contributed by atoms with Crippen molar-refractivity contribution in [2.45, 2.75) is 39.3 Å². The number of nitrogens with zero attached hydrogens (tertiary/aromatic N) is 4. The lowest BCUT2D eigenvalue weighted by Gasteiger charge is -2.24. The molecular weight excluding hydrogens is 322 g/mol. The smallest absolute Gasteiger partial charge is 0.410 e. The van der Waals surface area contributed by atoms with Crippen LogP contribution < -0.4 is 5.32 Å². The molecular formula is C17H29N5O3. The molecule has 1 fully saturated rings. The van der Waals surface area contributed by atoms with Crippen molar-refractivity contribution < 1.29 is 14.3 Å². The van der Waals surface area contributed by atoms with Gasteiger partial charge in [-0.15, -0.1) is 0 Å². The Kier molecular flexibility index (Phi) is 6.05. The third-order valence-electron chi connectivity index (χ3n) is 3.89. The number of rotatable bonds is 5. The minimum absolute atomic E-state index is 0.0850. The number of carbonyl (C=O) groups is 2. The summed E-state index contributed by atoms with van der Waals surface area (Å²) >= 11 is 0. The van der Waals surface area contributed by atoms with E-state index in [1.165, 1.54) is 0 Å². The third-order valence-corrected chi connectivity index (χ3v) is 3.89. The van der Waals surface area contributed by atoms with Gasteiger partial charge < -0.3 is 19.9 Å². The molecule has 1 aliphatic rings. The number of amides is 2. The summed E-state index contributed by atoms with van der Waals surface area (Å²) in [7, 11) is 4.01. The molecule has 8 heteroatoms. The van der Waals surface area contributed by atoms with Gasteiger partial charge in [0.15, 0.2) is 0 Å². The average Bonchev–Trinajstić information content (AvgIpc) is 3.12. The fourth-order valence-electron chi connectivity index (χ4n) is 2.56. The number of anilines is 1. The van der Waals surface area contributed by atoms with E-state index in [0.717, 1.165) is 13.1 Å². The predicted octanol–water partition coefficient (Wildman–Crippen LogP) is 1.64. The first kappa shape index (κ1) is 19.2. The minimum Gasteiger partial charge on any atom is -0.444 e. The SMILES string of the molecule is CN(C)CCn1cc(NC(=O)C2CCN(C(=O)OC(C)(C)C)C2)cn1. The van der Waals surface area contributed by atoms with E-state index in [-0.39, 0.29) is 17.9 Å². The van der Waals surface area contributed by atoms with Crippen molar-refractivity contribution in [3.63, 3.8) is 0 Å². The first-order valence-corrected chi connectivity index (χ1v) is 8.60. The first-order valence-electron chi connectivity index (χ1n) is 8.60. The molecule has 8 nitrogen and oxygen atoms in total. The van der Waals surface area contributed by atoms with Crippen LogP contribution in [0.1, 0.15) is 27.2 Å². The summed E-state index contributed by atoms with van der Waals surface area (Å²) in [6, 6.07) is 0. The van der Waals surface area contributed by atoms with Crippen LogP contribution in [0.15, 0.2) is 12.4 Å². The van der Waals surface area contributed by atoms with Crippen molar-refractivity contribution in [2.75, 3.05) is 39.0 Å². The monoisotopic (exact) mass is 351 g/mol. The molecule has 1 aromatic heterocycles. The Hall–Kier alpha value is -2.09. The number of likely N-dealkylation sites (tertiary alicyclic amines) is 1. The largest absolute Gasteiger partial charge is 0.444 e. The molecule has 0 aromatic carbocycles. The molecule has 1 atom stereocenters. The molecule has 2 rings (SSSR count). The summed E-state index contributed by atoms with van der Waals surface area (Å²) in [6.07, 6.45) is 3.75. The van der Waals surface area contributed by atoms with Crippen LogP contribution in [0, 0.1) is 5.92 Å². The fraction of sp³-hybridized carbons (Fsp3) is 0.706. The van der Waals surface area contributed by atoms with Crippen LogP contribution in [-0.2, 0) is 16.1 Å². The number of nitrogens with one attached hydrogen (secondary N) is 1. The van der Waals surface area contributed by atoms with Crippen LogP contribution in [0.5, 0.6) is 0 Å². The van der Waals surface area contributed by atoms with Gasteiger partial charge in [0.05, 0.1) is 24.3 Å². The number of hydrogen-bond donors (Lipinski definition) is 1. The molecule has 0 bridgehead atoms. The number of hydrogen-bond acceptors (Lipinski definition) is 5. The highest BCUT2D eigenvalue weighted by atomic mass is 16.6. The van der Waals surface area contributed by atoms with Crippen LogP contribution in [0.3, 0.4) is 0 Å². The van der Waals surface area contributed by atoms with Gasteiger partial charge in [-0.25, -0.2) is 4.79 Å². The van der Waals surface area contributed by atoms with Crippen LogP contribution in [0.4, 0.5) is 10.5 Å². The van der Waals surface area contributed by atoms with Crippen molar-refractivity contribution in [1.82, 2.24) is 19.6 Å². The zero-order valence-corrected chi connectivity index (χ0v) is 15.8. The molecule has 140 valence electrons. The second-order valence-electron chi connectivity index (χ2n) is 7.70. The topological polar surface area (TPSA) is 79.7 Å². The molecule has 1 aromatic rings. The lowest BCUT2D eigenvalue weighted by atomic mass is 10.1. The highest BCUT2D eigenvalue weighted by molar-refractivity contribution is 5.93. The molecule has 1 N–H and O–H groups in total. The minimum atomic E-state index is -0.529. The van der Waals surface area contributed by atoms with Gasteiger partial charge in [-0.3, -0.25) is 9.48 Å². The normalized spacial score (nSPS) is 17.8. The molecule has 1 aliphatic heterocycles. The lowest BCUT2D eigenvalue weighted by Crippen LogP contribution is -2.36. The Labute approximate surface area is 149 Å². The van der Waals surface area contributed by atoms with Gasteiger partial charge in [0.1, 0.15) is 5.60 Å². The Morgan fingerprint density at radius 2 is 2.12 bits per heavy atom. The van der Waals surface area contributed by atoms with Gasteiger partial charge in [-0.1, -0.05) is 0 Å². The molecule has 0 aliphatic carbocycles. The molecule has 0 spiro atoms. The van der Waals surface area contributed by atoms with Gasteiger partial charge in [0.2, 0.25) is 5.91 Å². The van der Waals surface area contributed by atoms with Crippen molar-refractivity contribution in [2.24, 2.45) is 5.92 Å². The van der Waals surface area contributed by atoms with Crippen molar-refractivity contribution in [3.05, 3.63) is 12.4 Å². The van der Waals surface area contributed by atoms with E-state index in [9.17, 15) is 9.59 Å². The number of ether oxygens (including phenoxy) is 1. The molecule has 25 heavy (non-hydrogen) atoms. The van der Waals surface area contributed by atoms with E-state index in [2.05, 4.69) is 15.3 Å². The van der Waals surface area contributed by atoms with E-state index >= 15 is 0 Å². The second-order valence-corrected chi connectivity index (χ2v) is 7.70. The number of likely N-dealkylation sites (N-methyl/N-ethyl adjacent to an activating group) is 1. The predicted molar refractivity (Wildman–Crippen MR) is 95.3 cm³/mol. The van der Waals surface area contributed by atoms with Gasteiger partial charge >= 0.3 is 6.09 Å². The van der Waals surface area contributed by atoms with Crippen molar-refractivity contribution in [1.29, 1.82) is 0 Å². The summed E-state index contributed by atoms with van der Waals surface area (Å²) in [5.41, 5.74) is 0.151. The average molecular weight is 351 g/mol. The summed E-state index contributed by atoms with van der Waals surface area (Å²) in [6.45, 7) is 8.06. The number of aromatic nitrogens is 2. The lowest BCUT2D eigenvalue weighted by molar-refractivity contribution is -0.119. The zero-order chi connectivity index (χ0) is 18.6. The Balaban J connectivity index is 1.83. The maximum Gasteiger partial charge on any atom is 0.410 e. The van der Waals surface area contributed by atoms with E-state index in [0.29, 0.717) is 25.2 Å². The van der Waals surface area contributed by atoms with Gasteiger partial charge in [0.25, 0.3) is 0 Å². The molecule has 0 radical (unpaired) electrons. The third kappa shape index (κ3) is 6.04. The zero-order valence-electron chi connectivity index (χ0n) is 15.8. The molecule has 1 unspecified atom stereocenters. The summed E-state index contributed by atoms with van der Waals surface area (Å²) in [4.78, 5) is 28.1. The van der Waals surface area contributed by atoms with E-state index in [4.69, 9.17) is 4.74 Å². The fourth-order valence-corrected chi connectivity index (χ4v) is 2.56. The van der Waals surface area contributed by atoms with Gasteiger partial charge in [-0.05, 0) is 41.3 Å². The maximum atomic E-state index is 12.4. The molecule has 2 amide bonds. The first-order chi connectivity index (χ1) is 11.6. The maximum absolute atomic E-state index is 12.4. The van der Waals surface area contributed by atoms with Crippen LogP contribution in [0.2, 0.25) is 0 Å². The summed E-state index contributed by atoms with van der Waals surface area (Å²) in [5, 5.41) is 7.13. The van der Waals surface area contributed by atoms with E-state index in [1.807, 2.05) is 41.1 Å². The molecule has 2 heterocycles. The Morgan fingerprint density at radius 3 is 2.76 bits per heavy atom. The summed E-state index contributed by atoms with van der Waals surface area (Å²) in [5.74, 6) is -0.309. The van der Waals surface area contributed by atoms with Crippen LogP contribution >= 0.6 is 0 Å². The summed E-state index contributed by atoms with van der Waals surface area (Å²) < 4.78 is 7.16. The van der Waals surface area contributed by atoms with E-state index < -0.39 is 5.60 Å². The Bertz CT molecular complexity index is 606. The van der Waals surface area contributed by atoms with Gasteiger partial charge in [0, 0.05) is 25.8 Å². The van der Waals surface area contributed by atoms with Crippen molar-refractivity contribution in [3.8, 4) is 0 Å². The van der Waals surface area contributed by atoms with Crippen molar-refractivity contribution >= 4 is 17.7 Å². The van der Waals surface area contributed by atoms with Crippen LogP contribution in [0.25, 0.3) is 0 Å². The molecule has 0 saturated carbocycles. The Morgan fingerprint density at radius 1 is 1.40 bits per heavy atom.